The van der Waals surface area contributed by atoms with E-state index in [1.807, 2.05) is 20.8 Å². The molecule has 0 saturated carbocycles. The predicted molar refractivity (Wildman–Crippen MR) is 80.0 cm³/mol. The van der Waals surface area contributed by atoms with Crippen LogP contribution in [0.3, 0.4) is 0 Å². The number of benzene rings is 1. The van der Waals surface area contributed by atoms with Gasteiger partial charge in [0.25, 0.3) is 0 Å². The van der Waals surface area contributed by atoms with Crippen molar-refractivity contribution in [3.8, 4) is 0 Å². The number of carboxylic acids is 1. The summed E-state index contributed by atoms with van der Waals surface area (Å²) < 4.78 is 0. The van der Waals surface area contributed by atoms with Crippen LogP contribution in [0.4, 0.5) is 5.69 Å². The normalized spacial score (nSPS) is 12.2. The molecule has 1 atom stereocenters. The zero-order valence-electron chi connectivity index (χ0n) is 12.6. The Morgan fingerprint density at radius 3 is 2.45 bits per heavy atom. The highest BCUT2D eigenvalue weighted by molar-refractivity contribution is 5.95. The lowest BCUT2D eigenvalue weighted by molar-refractivity contribution is -0.121. The molecule has 4 nitrogen and oxygen atoms in total. The maximum Gasteiger partial charge on any atom is 0.335 e. The van der Waals surface area contributed by atoms with E-state index in [4.69, 9.17) is 5.11 Å². The Bertz CT molecular complexity index is 494. The van der Waals surface area contributed by atoms with Gasteiger partial charge in [-0.3, -0.25) is 4.79 Å². The average Bonchev–Trinajstić information content (AvgIpc) is 2.37. The van der Waals surface area contributed by atoms with Crippen molar-refractivity contribution in [3.05, 3.63) is 29.3 Å². The van der Waals surface area contributed by atoms with E-state index in [0.717, 1.165) is 18.4 Å². The SMILES string of the molecule is CCCC(C(=O)Nc1cc(C(=O)O)ccc1C)C(C)C. The molecule has 0 aliphatic carbocycles. The summed E-state index contributed by atoms with van der Waals surface area (Å²) in [5, 5.41) is 11.9. The van der Waals surface area contributed by atoms with Gasteiger partial charge < -0.3 is 10.4 Å². The molecule has 0 heterocycles. The molecular formula is C16H23NO3. The number of rotatable bonds is 6. The second kappa shape index (κ2) is 7.08. The van der Waals surface area contributed by atoms with Gasteiger partial charge in [0.05, 0.1) is 5.56 Å². The standard InChI is InChI=1S/C16H23NO3/c1-5-6-13(10(2)3)15(18)17-14-9-12(16(19)20)8-7-11(14)4/h7-10,13H,5-6H2,1-4H3,(H,17,18)(H,19,20). The van der Waals surface area contributed by atoms with Crippen molar-refractivity contribution < 1.29 is 14.7 Å². The van der Waals surface area contributed by atoms with Crippen molar-refractivity contribution in [2.24, 2.45) is 11.8 Å². The van der Waals surface area contributed by atoms with Crippen LogP contribution in [0.25, 0.3) is 0 Å². The van der Waals surface area contributed by atoms with E-state index in [0.29, 0.717) is 5.69 Å². The molecule has 1 aromatic carbocycles. The van der Waals surface area contributed by atoms with Crippen LogP contribution < -0.4 is 5.32 Å². The fourth-order valence-electron chi connectivity index (χ4n) is 2.19. The Hall–Kier alpha value is -1.84. The summed E-state index contributed by atoms with van der Waals surface area (Å²) in [5.41, 5.74) is 1.63. The minimum Gasteiger partial charge on any atom is -0.478 e. The highest BCUT2D eigenvalue weighted by atomic mass is 16.4. The number of aryl methyl sites for hydroxylation is 1. The van der Waals surface area contributed by atoms with Crippen LogP contribution in [0.5, 0.6) is 0 Å². The van der Waals surface area contributed by atoms with Crippen molar-refractivity contribution in [1.29, 1.82) is 0 Å². The molecule has 20 heavy (non-hydrogen) atoms. The van der Waals surface area contributed by atoms with E-state index in [1.54, 1.807) is 12.1 Å². The van der Waals surface area contributed by atoms with Gasteiger partial charge in [0.2, 0.25) is 5.91 Å². The Kier molecular flexibility index (Phi) is 5.74. The van der Waals surface area contributed by atoms with E-state index in [-0.39, 0.29) is 23.3 Å². The van der Waals surface area contributed by atoms with E-state index in [1.165, 1.54) is 6.07 Å². The van der Waals surface area contributed by atoms with E-state index in [2.05, 4.69) is 12.2 Å². The summed E-state index contributed by atoms with van der Waals surface area (Å²) >= 11 is 0. The molecule has 0 aliphatic rings. The number of hydrogen-bond donors (Lipinski definition) is 2. The number of aromatic carboxylic acids is 1. The second-order valence-corrected chi connectivity index (χ2v) is 5.46. The molecule has 1 unspecified atom stereocenters. The first-order valence-corrected chi connectivity index (χ1v) is 7.01. The van der Waals surface area contributed by atoms with Gasteiger partial charge in [-0.15, -0.1) is 0 Å². The molecule has 1 aromatic rings. The summed E-state index contributed by atoms with van der Waals surface area (Å²) in [7, 11) is 0. The molecule has 0 aliphatic heterocycles. The van der Waals surface area contributed by atoms with Crippen molar-refractivity contribution in [2.75, 3.05) is 5.32 Å². The summed E-state index contributed by atoms with van der Waals surface area (Å²) in [5.74, 6) is -0.812. The fourth-order valence-corrected chi connectivity index (χ4v) is 2.19. The Balaban J connectivity index is 2.94. The molecule has 0 aromatic heterocycles. The monoisotopic (exact) mass is 277 g/mol. The van der Waals surface area contributed by atoms with Gasteiger partial charge in [0.15, 0.2) is 0 Å². The molecule has 1 rings (SSSR count). The van der Waals surface area contributed by atoms with Crippen LogP contribution in [0.15, 0.2) is 18.2 Å². The molecule has 1 amide bonds. The molecule has 0 bridgehead atoms. The Labute approximate surface area is 120 Å². The number of nitrogens with one attached hydrogen (secondary N) is 1. The lowest BCUT2D eigenvalue weighted by Gasteiger charge is -2.20. The maximum absolute atomic E-state index is 12.3. The van der Waals surface area contributed by atoms with Gasteiger partial charge in [-0.2, -0.15) is 0 Å². The van der Waals surface area contributed by atoms with Gasteiger partial charge in [-0.25, -0.2) is 4.79 Å². The largest absolute Gasteiger partial charge is 0.478 e. The summed E-state index contributed by atoms with van der Waals surface area (Å²) in [6.07, 6.45) is 1.78. The van der Waals surface area contributed by atoms with Crippen molar-refractivity contribution >= 4 is 17.6 Å². The molecule has 110 valence electrons. The summed E-state index contributed by atoms with van der Waals surface area (Å²) in [6.45, 7) is 7.96. The molecule has 0 fully saturated rings. The highest BCUT2D eigenvalue weighted by Crippen LogP contribution is 2.22. The van der Waals surface area contributed by atoms with Gasteiger partial charge in [0.1, 0.15) is 0 Å². The lowest BCUT2D eigenvalue weighted by Crippen LogP contribution is -2.27. The van der Waals surface area contributed by atoms with Crippen LogP contribution in [-0.2, 0) is 4.79 Å². The zero-order valence-corrected chi connectivity index (χ0v) is 12.6. The molecule has 0 spiro atoms. The van der Waals surface area contributed by atoms with Crippen molar-refractivity contribution in [1.82, 2.24) is 0 Å². The van der Waals surface area contributed by atoms with Crippen LogP contribution in [-0.4, -0.2) is 17.0 Å². The number of amides is 1. The molecule has 2 N–H and O–H groups in total. The number of carbonyl (C=O) groups is 2. The van der Waals surface area contributed by atoms with Crippen LogP contribution >= 0.6 is 0 Å². The second-order valence-electron chi connectivity index (χ2n) is 5.46. The average molecular weight is 277 g/mol. The van der Waals surface area contributed by atoms with Gasteiger partial charge in [0, 0.05) is 11.6 Å². The van der Waals surface area contributed by atoms with Gasteiger partial charge >= 0.3 is 5.97 Å². The zero-order chi connectivity index (χ0) is 15.3. The molecular weight excluding hydrogens is 254 g/mol. The lowest BCUT2D eigenvalue weighted by atomic mass is 9.90. The smallest absolute Gasteiger partial charge is 0.335 e. The predicted octanol–water partition coefficient (Wildman–Crippen LogP) is 3.70. The first-order valence-electron chi connectivity index (χ1n) is 7.01. The third-order valence-corrected chi connectivity index (χ3v) is 3.48. The number of anilines is 1. The topological polar surface area (TPSA) is 66.4 Å². The van der Waals surface area contributed by atoms with E-state index >= 15 is 0 Å². The fraction of sp³-hybridized carbons (Fsp3) is 0.500. The summed E-state index contributed by atoms with van der Waals surface area (Å²) in [4.78, 5) is 23.3. The number of carbonyl (C=O) groups excluding carboxylic acids is 1. The summed E-state index contributed by atoms with van der Waals surface area (Å²) in [6, 6.07) is 4.77. The Morgan fingerprint density at radius 2 is 1.95 bits per heavy atom. The van der Waals surface area contributed by atoms with Crippen LogP contribution in [0, 0.1) is 18.8 Å². The van der Waals surface area contributed by atoms with E-state index < -0.39 is 5.97 Å². The third kappa shape index (κ3) is 4.08. The molecule has 0 radical (unpaired) electrons. The van der Waals surface area contributed by atoms with Gasteiger partial charge in [-0.1, -0.05) is 33.3 Å². The third-order valence-electron chi connectivity index (χ3n) is 3.48. The highest BCUT2D eigenvalue weighted by Gasteiger charge is 2.21. The quantitative estimate of drug-likeness (QED) is 0.833. The van der Waals surface area contributed by atoms with Crippen LogP contribution in [0.2, 0.25) is 0 Å². The van der Waals surface area contributed by atoms with Gasteiger partial charge in [-0.05, 0) is 37.0 Å². The molecule has 4 heteroatoms. The minimum absolute atomic E-state index is 0.0347. The maximum atomic E-state index is 12.3. The number of carboxylic acid groups (broad SMARTS) is 1. The first-order chi connectivity index (χ1) is 9.36. The van der Waals surface area contributed by atoms with E-state index in [9.17, 15) is 9.59 Å². The minimum atomic E-state index is -0.991. The Morgan fingerprint density at radius 1 is 1.30 bits per heavy atom. The first kappa shape index (κ1) is 16.2. The number of hydrogen-bond acceptors (Lipinski definition) is 2. The van der Waals surface area contributed by atoms with Crippen LogP contribution in [0.1, 0.15) is 49.5 Å². The van der Waals surface area contributed by atoms with Crippen molar-refractivity contribution in [2.45, 2.75) is 40.5 Å². The molecule has 0 saturated heterocycles. The van der Waals surface area contributed by atoms with Crippen molar-refractivity contribution in [3.63, 3.8) is 0 Å².